The number of thioether (sulfide) groups is 1. The van der Waals surface area contributed by atoms with E-state index in [1.54, 1.807) is 31.4 Å². The number of methoxy groups -OCH3 is 1. The van der Waals surface area contributed by atoms with Crippen LogP contribution in [0.25, 0.3) is 0 Å². The highest BCUT2D eigenvalue weighted by Gasteiger charge is 2.11. The van der Waals surface area contributed by atoms with Crippen LogP contribution < -0.4 is 11.0 Å². The Labute approximate surface area is 142 Å². The summed E-state index contributed by atoms with van der Waals surface area (Å²) in [6.07, 6.45) is 0.677. The van der Waals surface area contributed by atoms with Gasteiger partial charge >= 0.3 is 5.69 Å². The number of H-pyrrole nitrogens is 1. The van der Waals surface area contributed by atoms with E-state index in [2.05, 4.69) is 15.5 Å². The summed E-state index contributed by atoms with van der Waals surface area (Å²) in [5.41, 5.74) is 0.717. The molecule has 1 amide bonds. The monoisotopic (exact) mass is 347 g/mol. The third-order valence-corrected chi connectivity index (χ3v) is 4.04. The number of benzene rings is 1. The second-order valence-corrected chi connectivity index (χ2v) is 5.78. The summed E-state index contributed by atoms with van der Waals surface area (Å²) in [6.45, 7) is 1.01. The summed E-state index contributed by atoms with van der Waals surface area (Å²) >= 11 is 1.17. The molecule has 0 saturated heterocycles. The summed E-state index contributed by atoms with van der Waals surface area (Å²) in [4.78, 5) is 23.7. The number of nitrogens with zero attached hydrogens (tertiary/aromatic N) is 3. The van der Waals surface area contributed by atoms with Crippen molar-refractivity contribution >= 4 is 23.4 Å². The maximum atomic E-state index is 12.0. The molecule has 0 aliphatic carbocycles. The molecule has 1 heterocycles. The Kier molecular flexibility index (Phi) is 6.60. The Balaban J connectivity index is 1.92. The molecule has 1 aromatic heterocycles. The molecule has 24 heavy (non-hydrogen) atoms. The van der Waals surface area contributed by atoms with Gasteiger partial charge in [-0.05, 0) is 24.6 Å². The van der Waals surface area contributed by atoms with Gasteiger partial charge in [0.15, 0.2) is 5.16 Å². The van der Waals surface area contributed by atoms with Crippen LogP contribution in [-0.4, -0.2) is 40.1 Å². The van der Waals surface area contributed by atoms with E-state index in [1.807, 2.05) is 6.07 Å². The number of nitriles is 1. The van der Waals surface area contributed by atoms with Gasteiger partial charge in [0.2, 0.25) is 5.91 Å². The van der Waals surface area contributed by atoms with Crippen LogP contribution in [0.1, 0.15) is 12.0 Å². The maximum Gasteiger partial charge on any atom is 0.343 e. The summed E-state index contributed by atoms with van der Waals surface area (Å²) in [5.74, 6) is -0.139. The topological polar surface area (TPSA) is 113 Å². The van der Waals surface area contributed by atoms with E-state index in [1.165, 1.54) is 16.3 Å². The first kappa shape index (κ1) is 17.8. The molecule has 126 valence electrons. The minimum atomic E-state index is -0.310. The number of rotatable bonds is 8. The lowest BCUT2D eigenvalue weighted by molar-refractivity contribution is -0.113. The van der Waals surface area contributed by atoms with Gasteiger partial charge in [0, 0.05) is 25.9 Å². The first-order valence-electron chi connectivity index (χ1n) is 7.21. The third-order valence-electron chi connectivity index (χ3n) is 3.06. The number of aromatic amines is 1. The summed E-state index contributed by atoms with van der Waals surface area (Å²) in [5, 5.41) is 18.3. The Morgan fingerprint density at radius 1 is 1.54 bits per heavy atom. The minimum absolute atomic E-state index is 0.103. The molecule has 8 nitrogen and oxygen atoms in total. The predicted octanol–water partition coefficient (Wildman–Crippen LogP) is 1.21. The number of nitrogens with one attached hydrogen (secondary N) is 2. The predicted molar refractivity (Wildman–Crippen MR) is 89.9 cm³/mol. The zero-order chi connectivity index (χ0) is 17.4. The molecule has 2 aromatic rings. The number of carbonyl (C=O) groups is 1. The quantitative estimate of drug-likeness (QED) is 0.548. The Morgan fingerprint density at radius 2 is 2.38 bits per heavy atom. The SMILES string of the molecule is COCCCn1c(SCC(=O)Nc2cccc(C#N)c2)n[nH]c1=O. The molecule has 2 N–H and O–H groups in total. The molecule has 9 heteroatoms. The Bertz CT molecular complexity index is 793. The van der Waals surface area contributed by atoms with Crippen molar-refractivity contribution < 1.29 is 9.53 Å². The Hall–Kier alpha value is -2.57. The van der Waals surface area contributed by atoms with Gasteiger partial charge in [0.1, 0.15) is 0 Å². The zero-order valence-electron chi connectivity index (χ0n) is 13.1. The van der Waals surface area contributed by atoms with Crippen molar-refractivity contribution in [3.05, 3.63) is 40.3 Å². The molecule has 0 fully saturated rings. The molecule has 0 atom stereocenters. The standard InChI is InChI=1S/C15H17N5O3S/c1-23-7-3-6-20-14(22)18-19-15(20)24-10-13(21)17-12-5-2-4-11(8-12)9-16/h2,4-5,8H,3,6-7,10H2,1H3,(H,17,21)(H,18,22). The second-order valence-electron chi connectivity index (χ2n) is 4.84. The van der Waals surface area contributed by atoms with E-state index < -0.39 is 0 Å². The van der Waals surface area contributed by atoms with Gasteiger partial charge < -0.3 is 10.1 Å². The van der Waals surface area contributed by atoms with Gasteiger partial charge in [-0.15, -0.1) is 5.10 Å². The van der Waals surface area contributed by atoms with Gasteiger partial charge in [0.05, 0.1) is 17.4 Å². The molecular formula is C15H17N5O3S. The van der Waals surface area contributed by atoms with Crippen LogP contribution in [0.15, 0.2) is 34.2 Å². The highest BCUT2D eigenvalue weighted by Crippen LogP contribution is 2.15. The molecular weight excluding hydrogens is 330 g/mol. The van der Waals surface area contributed by atoms with Crippen LogP contribution in [-0.2, 0) is 16.1 Å². The molecule has 1 aromatic carbocycles. The van der Waals surface area contributed by atoms with E-state index in [0.717, 1.165) is 0 Å². The van der Waals surface area contributed by atoms with Crippen molar-refractivity contribution in [1.82, 2.24) is 14.8 Å². The number of ether oxygens (including phenoxy) is 1. The van der Waals surface area contributed by atoms with Crippen LogP contribution in [0.3, 0.4) is 0 Å². The highest BCUT2D eigenvalue weighted by atomic mass is 32.2. The fourth-order valence-electron chi connectivity index (χ4n) is 1.97. The maximum absolute atomic E-state index is 12.0. The van der Waals surface area contributed by atoms with Crippen LogP contribution >= 0.6 is 11.8 Å². The first-order chi connectivity index (χ1) is 11.6. The molecule has 0 spiro atoms. The molecule has 2 rings (SSSR count). The van der Waals surface area contributed by atoms with E-state index in [-0.39, 0.29) is 17.3 Å². The smallest absolute Gasteiger partial charge is 0.343 e. The second kappa shape index (κ2) is 8.90. The van der Waals surface area contributed by atoms with Gasteiger partial charge in [0.25, 0.3) is 0 Å². The number of hydrogen-bond acceptors (Lipinski definition) is 6. The lowest BCUT2D eigenvalue weighted by Crippen LogP contribution is -2.19. The lowest BCUT2D eigenvalue weighted by Gasteiger charge is -2.06. The fourth-order valence-corrected chi connectivity index (χ4v) is 2.74. The third kappa shape index (κ3) is 4.97. The average molecular weight is 347 g/mol. The number of hydrogen-bond donors (Lipinski definition) is 2. The summed E-state index contributed by atoms with van der Waals surface area (Å²) < 4.78 is 6.44. The van der Waals surface area contributed by atoms with Gasteiger partial charge in [-0.1, -0.05) is 17.8 Å². The normalized spacial score (nSPS) is 10.3. The van der Waals surface area contributed by atoms with Gasteiger partial charge in [-0.2, -0.15) is 5.26 Å². The van der Waals surface area contributed by atoms with Crippen molar-refractivity contribution in [2.24, 2.45) is 0 Å². The summed E-state index contributed by atoms with van der Waals surface area (Å²) in [6, 6.07) is 8.67. The van der Waals surface area contributed by atoms with Crippen LogP contribution in [0.4, 0.5) is 5.69 Å². The number of amides is 1. The largest absolute Gasteiger partial charge is 0.385 e. The van der Waals surface area contributed by atoms with Crippen LogP contribution in [0.2, 0.25) is 0 Å². The number of anilines is 1. The molecule has 0 aliphatic heterocycles. The molecule has 0 bridgehead atoms. The summed E-state index contributed by atoms with van der Waals surface area (Å²) in [7, 11) is 1.60. The van der Waals surface area contributed by atoms with E-state index in [4.69, 9.17) is 10.00 Å². The Morgan fingerprint density at radius 3 is 3.12 bits per heavy atom. The number of aromatic nitrogens is 3. The van der Waals surface area contributed by atoms with Gasteiger partial charge in [-0.25, -0.2) is 9.89 Å². The molecule has 0 saturated carbocycles. The average Bonchev–Trinajstić information content (AvgIpc) is 2.94. The molecule has 0 aliphatic rings. The highest BCUT2D eigenvalue weighted by molar-refractivity contribution is 7.99. The zero-order valence-corrected chi connectivity index (χ0v) is 13.9. The van der Waals surface area contributed by atoms with Crippen molar-refractivity contribution in [3.8, 4) is 6.07 Å². The van der Waals surface area contributed by atoms with Crippen molar-refractivity contribution in [1.29, 1.82) is 5.26 Å². The van der Waals surface area contributed by atoms with Crippen LogP contribution in [0, 0.1) is 11.3 Å². The van der Waals surface area contributed by atoms with E-state index in [9.17, 15) is 9.59 Å². The van der Waals surface area contributed by atoms with Crippen LogP contribution in [0.5, 0.6) is 0 Å². The van der Waals surface area contributed by atoms with E-state index >= 15 is 0 Å². The van der Waals surface area contributed by atoms with Gasteiger partial charge in [-0.3, -0.25) is 9.36 Å². The first-order valence-corrected chi connectivity index (χ1v) is 8.19. The lowest BCUT2D eigenvalue weighted by atomic mass is 10.2. The molecule has 0 unspecified atom stereocenters. The minimum Gasteiger partial charge on any atom is -0.385 e. The number of carbonyl (C=O) groups excluding carboxylic acids is 1. The van der Waals surface area contributed by atoms with E-state index in [0.29, 0.717) is 36.0 Å². The fraction of sp³-hybridized carbons (Fsp3) is 0.333. The van der Waals surface area contributed by atoms with Crippen molar-refractivity contribution in [3.63, 3.8) is 0 Å². The van der Waals surface area contributed by atoms with Crippen molar-refractivity contribution in [2.45, 2.75) is 18.1 Å². The molecule has 0 radical (unpaired) electrons. The van der Waals surface area contributed by atoms with Crippen molar-refractivity contribution in [2.75, 3.05) is 24.8 Å².